The molecule has 1 heterocycles. The number of sulfonamides is 1. The second-order valence-corrected chi connectivity index (χ2v) is 5.79. The van der Waals surface area contributed by atoms with E-state index in [1.807, 2.05) is 0 Å². The van der Waals surface area contributed by atoms with Gasteiger partial charge in [0.15, 0.2) is 11.6 Å². The van der Waals surface area contributed by atoms with Crippen LogP contribution in [0.15, 0.2) is 17.2 Å². The van der Waals surface area contributed by atoms with Crippen LogP contribution in [-0.2, 0) is 16.6 Å². The number of nitrogens with one attached hydrogen (secondary N) is 2. The Morgan fingerprint density at radius 1 is 1.33 bits per heavy atom. The molecule has 0 bridgehead atoms. The Labute approximate surface area is 118 Å². The number of rotatable bonds is 4. The maximum atomic E-state index is 13.5. The molecule has 6 nitrogen and oxygen atoms in total. The van der Waals surface area contributed by atoms with Gasteiger partial charge in [0, 0.05) is 29.9 Å². The Morgan fingerprint density at radius 2 is 2.00 bits per heavy atom. The van der Waals surface area contributed by atoms with Crippen molar-refractivity contribution in [3.8, 4) is 0 Å². The van der Waals surface area contributed by atoms with Crippen LogP contribution in [0.3, 0.4) is 0 Å². The molecule has 0 spiro atoms. The molecule has 0 saturated carbocycles. The first-order valence-corrected chi connectivity index (χ1v) is 7.16. The van der Waals surface area contributed by atoms with Gasteiger partial charge >= 0.3 is 0 Å². The van der Waals surface area contributed by atoms with Crippen LogP contribution in [0, 0.1) is 24.4 Å². The third kappa shape index (κ3) is 2.85. The predicted octanol–water partition coefficient (Wildman–Crippen LogP) is 1.39. The van der Waals surface area contributed by atoms with E-state index in [1.165, 1.54) is 0 Å². The fraction of sp³-hybridized carbons (Fsp3) is 0.182. The molecule has 2 rings (SSSR count). The number of anilines is 1. The van der Waals surface area contributed by atoms with Crippen molar-refractivity contribution in [3.05, 3.63) is 40.8 Å². The highest BCUT2D eigenvalue weighted by Crippen LogP contribution is 2.24. The summed E-state index contributed by atoms with van der Waals surface area (Å²) in [5.74, 6) is -4.14. The summed E-state index contributed by atoms with van der Waals surface area (Å²) < 4.78 is 65.6. The SMILES string of the molecule is Cc1[nH]nc(S(=O)(=O)Nc2cc(F)cc(F)c2F)c1CN. The number of hydrogen-bond donors (Lipinski definition) is 3. The topological polar surface area (TPSA) is 101 Å². The summed E-state index contributed by atoms with van der Waals surface area (Å²) in [6.45, 7) is 1.43. The van der Waals surface area contributed by atoms with Crippen molar-refractivity contribution in [2.24, 2.45) is 5.73 Å². The first-order chi connectivity index (χ1) is 9.76. The van der Waals surface area contributed by atoms with E-state index in [9.17, 15) is 21.6 Å². The van der Waals surface area contributed by atoms with Gasteiger partial charge in [-0.3, -0.25) is 9.82 Å². The molecule has 0 atom stereocenters. The fourth-order valence-electron chi connectivity index (χ4n) is 1.72. The molecule has 0 aliphatic rings. The summed E-state index contributed by atoms with van der Waals surface area (Å²) >= 11 is 0. The van der Waals surface area contributed by atoms with E-state index in [4.69, 9.17) is 5.73 Å². The summed E-state index contributed by atoms with van der Waals surface area (Å²) in [4.78, 5) is 0. The Bertz CT molecular complexity index is 789. The number of benzene rings is 1. The Hall–Kier alpha value is -2.07. The molecule has 0 fully saturated rings. The first-order valence-electron chi connectivity index (χ1n) is 5.67. The van der Waals surface area contributed by atoms with E-state index >= 15 is 0 Å². The lowest BCUT2D eigenvalue weighted by molar-refractivity contribution is 0.498. The summed E-state index contributed by atoms with van der Waals surface area (Å²) in [5.41, 5.74) is 5.18. The van der Waals surface area contributed by atoms with Crippen molar-refractivity contribution >= 4 is 15.7 Å². The predicted molar refractivity (Wildman–Crippen MR) is 68.3 cm³/mol. The van der Waals surface area contributed by atoms with Crippen LogP contribution in [0.4, 0.5) is 18.9 Å². The number of H-pyrrole nitrogens is 1. The van der Waals surface area contributed by atoms with Gasteiger partial charge in [0.1, 0.15) is 5.82 Å². The summed E-state index contributed by atoms with van der Waals surface area (Å²) in [7, 11) is -4.34. The molecule has 0 radical (unpaired) electrons. The highest BCUT2D eigenvalue weighted by Gasteiger charge is 2.25. The number of aryl methyl sites for hydroxylation is 1. The minimum Gasteiger partial charge on any atom is -0.326 e. The average molecular weight is 320 g/mol. The Morgan fingerprint density at radius 3 is 2.62 bits per heavy atom. The summed E-state index contributed by atoms with van der Waals surface area (Å²) in [6, 6.07) is 0.828. The number of halogens is 3. The van der Waals surface area contributed by atoms with Crippen LogP contribution in [0.1, 0.15) is 11.3 Å². The standard InChI is InChI=1S/C11H11F3N4O2S/c1-5-7(4-15)11(17-16-5)21(19,20)18-9-3-6(12)2-8(13)10(9)14/h2-3,18H,4,15H2,1H3,(H,16,17). The van der Waals surface area contributed by atoms with Crippen LogP contribution in [0.5, 0.6) is 0 Å². The highest BCUT2D eigenvalue weighted by atomic mass is 32.2. The van der Waals surface area contributed by atoms with Crippen molar-refractivity contribution < 1.29 is 21.6 Å². The van der Waals surface area contributed by atoms with E-state index in [0.29, 0.717) is 17.8 Å². The molecule has 4 N–H and O–H groups in total. The molecule has 21 heavy (non-hydrogen) atoms. The number of hydrogen-bond acceptors (Lipinski definition) is 4. The second kappa shape index (κ2) is 5.37. The van der Waals surface area contributed by atoms with Crippen LogP contribution in [0.25, 0.3) is 0 Å². The van der Waals surface area contributed by atoms with Crippen LogP contribution < -0.4 is 10.5 Å². The zero-order valence-electron chi connectivity index (χ0n) is 10.7. The zero-order valence-corrected chi connectivity index (χ0v) is 11.6. The smallest absolute Gasteiger partial charge is 0.281 e. The van der Waals surface area contributed by atoms with Crippen molar-refractivity contribution in [2.75, 3.05) is 4.72 Å². The van der Waals surface area contributed by atoms with Gasteiger partial charge in [-0.25, -0.2) is 13.2 Å². The van der Waals surface area contributed by atoms with Crippen molar-refractivity contribution in [3.63, 3.8) is 0 Å². The van der Waals surface area contributed by atoms with Crippen LogP contribution >= 0.6 is 0 Å². The van der Waals surface area contributed by atoms with Gasteiger partial charge in [-0.05, 0) is 6.92 Å². The van der Waals surface area contributed by atoms with Crippen molar-refractivity contribution in [1.29, 1.82) is 0 Å². The number of nitrogens with zero attached hydrogens (tertiary/aromatic N) is 1. The third-order valence-electron chi connectivity index (χ3n) is 2.73. The van der Waals surface area contributed by atoms with Gasteiger partial charge in [0.25, 0.3) is 10.0 Å². The Balaban J connectivity index is 2.47. The monoisotopic (exact) mass is 320 g/mol. The molecule has 0 amide bonds. The van der Waals surface area contributed by atoms with Gasteiger partial charge in [0.2, 0.25) is 5.03 Å². The van der Waals surface area contributed by atoms with Crippen LogP contribution in [0.2, 0.25) is 0 Å². The molecular formula is C11H11F3N4O2S. The fourth-order valence-corrected chi connectivity index (χ4v) is 2.98. The lowest BCUT2D eigenvalue weighted by Crippen LogP contribution is -2.17. The van der Waals surface area contributed by atoms with Gasteiger partial charge in [0.05, 0.1) is 5.69 Å². The second-order valence-electron chi connectivity index (χ2n) is 4.19. The molecule has 1 aromatic heterocycles. The van der Waals surface area contributed by atoms with E-state index in [0.717, 1.165) is 0 Å². The largest absolute Gasteiger partial charge is 0.326 e. The normalized spacial score (nSPS) is 11.7. The van der Waals surface area contributed by atoms with Gasteiger partial charge in [-0.2, -0.15) is 13.5 Å². The Kier molecular flexibility index (Phi) is 3.92. The van der Waals surface area contributed by atoms with Gasteiger partial charge in [-0.15, -0.1) is 0 Å². The molecule has 0 saturated heterocycles. The number of aromatic nitrogens is 2. The lowest BCUT2D eigenvalue weighted by atomic mass is 10.3. The van der Waals surface area contributed by atoms with Crippen molar-refractivity contribution in [1.82, 2.24) is 10.2 Å². The maximum Gasteiger partial charge on any atom is 0.281 e. The third-order valence-corrected chi connectivity index (χ3v) is 4.07. The molecular weight excluding hydrogens is 309 g/mol. The summed E-state index contributed by atoms with van der Waals surface area (Å²) in [6.07, 6.45) is 0. The molecule has 1 aromatic carbocycles. The summed E-state index contributed by atoms with van der Waals surface area (Å²) in [5, 5.41) is 5.54. The maximum absolute atomic E-state index is 13.5. The quantitative estimate of drug-likeness (QED) is 0.741. The molecule has 114 valence electrons. The molecule has 0 aliphatic carbocycles. The highest BCUT2D eigenvalue weighted by molar-refractivity contribution is 7.92. The zero-order chi connectivity index (χ0) is 15.8. The minimum atomic E-state index is -4.34. The van der Waals surface area contributed by atoms with E-state index in [2.05, 4.69) is 10.2 Å². The number of aromatic amines is 1. The van der Waals surface area contributed by atoms with Crippen molar-refractivity contribution in [2.45, 2.75) is 18.5 Å². The molecule has 0 aliphatic heterocycles. The molecule has 2 aromatic rings. The van der Waals surface area contributed by atoms with Crippen LogP contribution in [-0.4, -0.2) is 18.6 Å². The van der Waals surface area contributed by atoms with E-state index < -0.39 is 38.2 Å². The lowest BCUT2D eigenvalue weighted by Gasteiger charge is -2.09. The number of nitrogens with two attached hydrogens (primary N) is 1. The minimum absolute atomic E-state index is 0.126. The molecule has 10 heteroatoms. The van der Waals surface area contributed by atoms with E-state index in [-0.39, 0.29) is 12.1 Å². The van der Waals surface area contributed by atoms with Gasteiger partial charge < -0.3 is 5.73 Å². The molecule has 0 unspecified atom stereocenters. The average Bonchev–Trinajstić information content (AvgIpc) is 2.77. The van der Waals surface area contributed by atoms with E-state index in [1.54, 1.807) is 11.6 Å². The van der Waals surface area contributed by atoms with Gasteiger partial charge in [-0.1, -0.05) is 0 Å². The first kappa shape index (κ1) is 15.3.